The molecular weight excluding hydrogens is 579 g/mol. The van der Waals surface area contributed by atoms with Crippen LogP contribution in [0.2, 0.25) is 15.1 Å². The lowest BCUT2D eigenvalue weighted by molar-refractivity contribution is -0.120. The van der Waals surface area contributed by atoms with Crippen molar-refractivity contribution in [1.82, 2.24) is 5.32 Å². The van der Waals surface area contributed by atoms with E-state index in [4.69, 9.17) is 34.8 Å². The van der Waals surface area contributed by atoms with Crippen LogP contribution in [0.1, 0.15) is 60.3 Å². The third-order valence-electron chi connectivity index (χ3n) is 6.81. The van der Waals surface area contributed by atoms with Crippen molar-refractivity contribution in [2.75, 3.05) is 5.32 Å². The summed E-state index contributed by atoms with van der Waals surface area (Å²) < 4.78 is 28.0. The van der Waals surface area contributed by atoms with Crippen LogP contribution in [0.5, 0.6) is 0 Å². The highest BCUT2D eigenvalue weighted by molar-refractivity contribution is 7.91. The molecule has 0 bridgehead atoms. The van der Waals surface area contributed by atoms with Gasteiger partial charge in [0.25, 0.3) is 5.91 Å². The van der Waals surface area contributed by atoms with Crippen molar-refractivity contribution in [2.24, 2.45) is 5.92 Å². The summed E-state index contributed by atoms with van der Waals surface area (Å²) in [5.41, 5.74) is 1.54. The molecule has 6 nitrogen and oxygen atoms in total. The highest BCUT2D eigenvalue weighted by atomic mass is 35.5. The topological polar surface area (TPSA) is 92.3 Å². The van der Waals surface area contributed by atoms with E-state index in [2.05, 4.69) is 10.6 Å². The number of benzene rings is 3. The maximum atomic E-state index is 14.0. The number of nitrogens with one attached hydrogen (secondary N) is 2. The second-order valence-electron chi connectivity index (χ2n) is 10.5. The first kappa shape index (κ1) is 29.4. The Labute approximate surface area is 244 Å². The number of anilines is 1. The second kappa shape index (κ2) is 11.5. The number of carbonyl (C=O) groups excluding carboxylic acids is 2. The average Bonchev–Trinajstić information content (AvgIpc) is 2.82. The van der Waals surface area contributed by atoms with Gasteiger partial charge in [0, 0.05) is 23.2 Å². The van der Waals surface area contributed by atoms with Crippen LogP contribution in [0.4, 0.5) is 5.69 Å². The lowest BCUT2D eigenvalue weighted by atomic mass is 9.77. The van der Waals surface area contributed by atoms with E-state index in [-0.39, 0.29) is 32.3 Å². The van der Waals surface area contributed by atoms with Crippen LogP contribution in [0.15, 0.2) is 65.6 Å². The van der Waals surface area contributed by atoms with Crippen LogP contribution in [0.25, 0.3) is 0 Å². The Balaban J connectivity index is 1.73. The SMILES string of the molecule is CC(=O)NC(C)(C)C[C@@H]1Cc2ccc(NC(=O)c3c(Cl)cccc3Cl)cc2C(S(=O)(=O)c2cccc(Cl)c2)C1. The molecule has 10 heteroatoms. The lowest BCUT2D eigenvalue weighted by Gasteiger charge is -2.36. The van der Waals surface area contributed by atoms with Gasteiger partial charge in [-0.3, -0.25) is 9.59 Å². The molecule has 2 N–H and O–H groups in total. The Hall–Kier alpha value is -2.58. The molecule has 4 rings (SSSR count). The minimum absolute atomic E-state index is 0.0133. The summed E-state index contributed by atoms with van der Waals surface area (Å²) in [6.45, 7) is 5.34. The number of rotatable bonds is 7. The van der Waals surface area contributed by atoms with Crippen LogP contribution < -0.4 is 10.6 Å². The summed E-state index contributed by atoms with van der Waals surface area (Å²) in [6.07, 6.45) is 1.57. The van der Waals surface area contributed by atoms with Gasteiger partial charge in [0.15, 0.2) is 9.84 Å². The number of fused-ring (bicyclic) bond motifs is 1. The zero-order chi connectivity index (χ0) is 28.5. The number of halogens is 3. The Morgan fingerprint density at radius 1 is 0.974 bits per heavy atom. The molecule has 0 aromatic heterocycles. The summed E-state index contributed by atoms with van der Waals surface area (Å²) in [5, 5.41) is 5.65. The van der Waals surface area contributed by atoms with Crippen molar-refractivity contribution in [3.8, 4) is 0 Å². The van der Waals surface area contributed by atoms with E-state index in [1.165, 1.54) is 19.1 Å². The molecule has 2 amide bonds. The van der Waals surface area contributed by atoms with Gasteiger partial charge < -0.3 is 10.6 Å². The van der Waals surface area contributed by atoms with Gasteiger partial charge in [-0.2, -0.15) is 0 Å². The van der Waals surface area contributed by atoms with Gasteiger partial charge in [0.1, 0.15) is 0 Å². The summed E-state index contributed by atoms with van der Waals surface area (Å²) in [6, 6.07) is 16.3. The number of hydrogen-bond acceptors (Lipinski definition) is 4. The smallest absolute Gasteiger partial charge is 0.258 e. The lowest BCUT2D eigenvalue weighted by Crippen LogP contribution is -2.44. The van der Waals surface area contributed by atoms with E-state index in [1.54, 1.807) is 42.5 Å². The first-order valence-corrected chi connectivity index (χ1v) is 15.1. The third-order valence-corrected chi connectivity index (χ3v) is 9.78. The van der Waals surface area contributed by atoms with Gasteiger partial charge in [-0.1, -0.05) is 53.0 Å². The first-order valence-electron chi connectivity index (χ1n) is 12.4. The molecule has 3 aromatic carbocycles. The van der Waals surface area contributed by atoms with E-state index in [0.29, 0.717) is 35.5 Å². The monoisotopic (exact) mass is 606 g/mol. The third kappa shape index (κ3) is 6.77. The van der Waals surface area contributed by atoms with E-state index in [1.807, 2.05) is 19.9 Å². The number of carbonyl (C=O) groups is 2. The summed E-state index contributed by atoms with van der Waals surface area (Å²) in [4.78, 5) is 24.9. The highest BCUT2D eigenvalue weighted by Gasteiger charge is 2.39. The van der Waals surface area contributed by atoms with Crippen LogP contribution in [-0.4, -0.2) is 25.8 Å². The fraction of sp³-hybridized carbons (Fsp3) is 0.310. The Morgan fingerprint density at radius 2 is 1.64 bits per heavy atom. The molecule has 39 heavy (non-hydrogen) atoms. The Morgan fingerprint density at radius 3 is 2.28 bits per heavy atom. The molecule has 1 aliphatic carbocycles. The second-order valence-corrected chi connectivity index (χ2v) is 13.9. The van der Waals surface area contributed by atoms with Gasteiger partial charge in [-0.25, -0.2) is 8.42 Å². The fourth-order valence-corrected chi connectivity index (χ4v) is 8.19. The molecular formula is C29H29Cl3N2O4S. The number of sulfone groups is 1. The van der Waals surface area contributed by atoms with E-state index < -0.39 is 26.5 Å². The molecule has 206 valence electrons. The Kier molecular flexibility index (Phi) is 8.67. The molecule has 0 saturated carbocycles. The van der Waals surface area contributed by atoms with Crippen molar-refractivity contribution in [3.05, 3.63) is 92.4 Å². The molecule has 0 spiro atoms. The fourth-order valence-electron chi connectivity index (χ4n) is 5.40. The predicted octanol–water partition coefficient (Wildman–Crippen LogP) is 7.28. The van der Waals surface area contributed by atoms with Gasteiger partial charge in [0.05, 0.1) is 25.8 Å². The van der Waals surface area contributed by atoms with Crippen LogP contribution in [-0.2, 0) is 21.1 Å². The molecule has 0 aliphatic heterocycles. The van der Waals surface area contributed by atoms with Crippen LogP contribution in [0.3, 0.4) is 0 Å². The molecule has 2 atom stereocenters. The summed E-state index contributed by atoms with van der Waals surface area (Å²) in [5.74, 6) is -0.649. The van der Waals surface area contributed by atoms with Crippen molar-refractivity contribution in [3.63, 3.8) is 0 Å². The van der Waals surface area contributed by atoms with Crippen LogP contribution >= 0.6 is 34.8 Å². The van der Waals surface area contributed by atoms with E-state index in [9.17, 15) is 18.0 Å². The van der Waals surface area contributed by atoms with Crippen molar-refractivity contribution < 1.29 is 18.0 Å². The van der Waals surface area contributed by atoms with Gasteiger partial charge >= 0.3 is 0 Å². The van der Waals surface area contributed by atoms with Gasteiger partial charge in [-0.05, 0) is 92.6 Å². The van der Waals surface area contributed by atoms with Gasteiger partial charge in [0.2, 0.25) is 5.91 Å². The maximum absolute atomic E-state index is 14.0. The minimum atomic E-state index is -3.85. The van der Waals surface area contributed by atoms with Crippen molar-refractivity contribution >= 4 is 62.1 Å². The van der Waals surface area contributed by atoms with E-state index in [0.717, 1.165) is 5.56 Å². The summed E-state index contributed by atoms with van der Waals surface area (Å²) in [7, 11) is -3.85. The molecule has 3 aromatic rings. The molecule has 0 heterocycles. The van der Waals surface area contributed by atoms with Crippen LogP contribution in [0, 0.1) is 5.92 Å². The standard InChI is InChI=1S/C29H29Cl3N2O4S/c1-17(35)34-29(2,3)16-18-12-19-10-11-21(33-28(36)27-24(31)8-5-9-25(27)32)15-23(19)26(13-18)39(37,38)22-7-4-6-20(30)14-22/h4-11,14-15,18,26H,12-13,16H2,1-3H3,(H,33,36)(H,34,35)/t18-,26?/m1/s1. The van der Waals surface area contributed by atoms with Crippen molar-refractivity contribution in [2.45, 2.75) is 55.7 Å². The average molecular weight is 608 g/mol. The Bertz CT molecular complexity index is 1520. The normalized spacial score (nSPS) is 17.3. The molecule has 0 radical (unpaired) electrons. The molecule has 1 unspecified atom stereocenters. The zero-order valence-electron chi connectivity index (χ0n) is 21.7. The van der Waals surface area contributed by atoms with Gasteiger partial charge in [-0.15, -0.1) is 0 Å². The largest absolute Gasteiger partial charge is 0.351 e. The molecule has 1 aliphatic rings. The minimum Gasteiger partial charge on any atom is -0.351 e. The van der Waals surface area contributed by atoms with E-state index >= 15 is 0 Å². The maximum Gasteiger partial charge on any atom is 0.258 e. The molecule has 0 saturated heterocycles. The van der Waals surface area contributed by atoms with Crippen molar-refractivity contribution in [1.29, 1.82) is 0 Å². The first-order chi connectivity index (χ1) is 18.3. The molecule has 0 fully saturated rings. The highest BCUT2D eigenvalue weighted by Crippen LogP contribution is 2.44. The number of amides is 2. The predicted molar refractivity (Wildman–Crippen MR) is 157 cm³/mol. The quantitative estimate of drug-likeness (QED) is 0.295. The number of hydrogen-bond donors (Lipinski definition) is 2. The summed E-state index contributed by atoms with van der Waals surface area (Å²) >= 11 is 18.6. The zero-order valence-corrected chi connectivity index (χ0v) is 24.8.